The van der Waals surface area contributed by atoms with Gasteiger partial charge in [-0.25, -0.2) is 19.5 Å². The first-order chi connectivity index (χ1) is 20.1. The van der Waals surface area contributed by atoms with Gasteiger partial charge < -0.3 is 24.4 Å². The summed E-state index contributed by atoms with van der Waals surface area (Å²) in [5, 5.41) is 14.3. The van der Waals surface area contributed by atoms with Crippen molar-refractivity contribution in [2.45, 2.75) is 58.6 Å². The molecule has 0 radical (unpaired) electrons. The van der Waals surface area contributed by atoms with Crippen molar-refractivity contribution in [2.75, 3.05) is 36.0 Å². The van der Waals surface area contributed by atoms with Gasteiger partial charge in [0.2, 0.25) is 0 Å². The molecule has 1 aromatic carbocycles. The van der Waals surface area contributed by atoms with E-state index in [0.717, 1.165) is 12.8 Å². The number of piperidine rings is 1. The minimum absolute atomic E-state index is 0.150. The number of anilines is 3. The summed E-state index contributed by atoms with van der Waals surface area (Å²) in [6.45, 7) is 17.1. The number of carbonyl (C=O) groups is 2. The van der Waals surface area contributed by atoms with Crippen molar-refractivity contribution in [3.63, 3.8) is 0 Å². The van der Waals surface area contributed by atoms with Gasteiger partial charge in [-0.05, 0) is 71.2 Å². The standard InChI is InChI=1S/C31H40N6O5/c1-7-11-25-27(35(19-8-2)23-12-10-20-34(21-23)29(38)39)33-26-17-18-32-37(26)28(25)36(30(40)42-31(4,5)6)22-13-15-24(16-14-22)41-9-3/h7-8,13-18,23H,1-2,9-12,19-21H2,3-6H3,(H,38,39)/t23-/m0/s1. The quantitative estimate of drug-likeness (QED) is 0.290. The van der Waals surface area contributed by atoms with Gasteiger partial charge in [0.15, 0.2) is 11.5 Å². The summed E-state index contributed by atoms with van der Waals surface area (Å²) in [6.07, 6.45) is 5.47. The highest BCUT2D eigenvalue weighted by Gasteiger charge is 2.34. The number of hydrogen-bond donors (Lipinski definition) is 1. The minimum Gasteiger partial charge on any atom is -0.494 e. The van der Waals surface area contributed by atoms with E-state index in [1.807, 2.05) is 27.7 Å². The van der Waals surface area contributed by atoms with Crippen LogP contribution in [0, 0.1) is 0 Å². The number of aromatic nitrogens is 3. The van der Waals surface area contributed by atoms with Crippen LogP contribution in [0.2, 0.25) is 0 Å². The monoisotopic (exact) mass is 576 g/mol. The molecule has 3 aromatic rings. The molecule has 0 saturated carbocycles. The molecule has 1 N–H and O–H groups in total. The first-order valence-corrected chi connectivity index (χ1v) is 14.2. The second-order valence-corrected chi connectivity index (χ2v) is 11.0. The molecule has 1 fully saturated rings. The summed E-state index contributed by atoms with van der Waals surface area (Å²) in [7, 11) is 0. The van der Waals surface area contributed by atoms with Gasteiger partial charge in [0.25, 0.3) is 0 Å². The van der Waals surface area contributed by atoms with E-state index in [0.29, 0.717) is 66.9 Å². The summed E-state index contributed by atoms with van der Waals surface area (Å²) >= 11 is 0. The molecular weight excluding hydrogens is 536 g/mol. The van der Waals surface area contributed by atoms with Gasteiger partial charge in [-0.1, -0.05) is 12.2 Å². The van der Waals surface area contributed by atoms with Crippen LogP contribution in [0.15, 0.2) is 61.8 Å². The highest BCUT2D eigenvalue weighted by Crippen LogP contribution is 2.38. The predicted octanol–water partition coefficient (Wildman–Crippen LogP) is 6.06. The maximum atomic E-state index is 14.0. The fourth-order valence-corrected chi connectivity index (χ4v) is 5.15. The van der Waals surface area contributed by atoms with Crippen molar-refractivity contribution >= 4 is 35.2 Å². The largest absolute Gasteiger partial charge is 0.494 e. The Hall–Kier alpha value is -4.54. The van der Waals surface area contributed by atoms with Crippen molar-refractivity contribution in [1.82, 2.24) is 19.5 Å². The molecule has 1 saturated heterocycles. The molecule has 2 amide bonds. The number of nitrogens with zero attached hydrogens (tertiary/aromatic N) is 6. The topological polar surface area (TPSA) is 113 Å². The normalized spacial score (nSPS) is 15.2. The fourth-order valence-electron chi connectivity index (χ4n) is 5.15. The molecule has 3 heterocycles. The zero-order chi connectivity index (χ0) is 30.4. The van der Waals surface area contributed by atoms with Gasteiger partial charge in [0.05, 0.1) is 18.5 Å². The van der Waals surface area contributed by atoms with Crippen molar-refractivity contribution in [2.24, 2.45) is 0 Å². The van der Waals surface area contributed by atoms with Gasteiger partial charge in [-0.3, -0.25) is 0 Å². The number of amides is 2. The maximum absolute atomic E-state index is 14.0. The first kappa shape index (κ1) is 30.4. The number of carboxylic acid groups (broad SMARTS) is 1. The predicted molar refractivity (Wildman–Crippen MR) is 163 cm³/mol. The third-order valence-corrected chi connectivity index (χ3v) is 6.83. The Bertz CT molecular complexity index is 1430. The summed E-state index contributed by atoms with van der Waals surface area (Å²) in [4.78, 5) is 35.9. The Labute approximate surface area is 246 Å². The Morgan fingerprint density at radius 2 is 1.90 bits per heavy atom. The third kappa shape index (κ3) is 6.67. The summed E-state index contributed by atoms with van der Waals surface area (Å²) < 4.78 is 13.2. The van der Waals surface area contributed by atoms with E-state index < -0.39 is 17.8 Å². The summed E-state index contributed by atoms with van der Waals surface area (Å²) in [5.41, 5.74) is 0.995. The van der Waals surface area contributed by atoms with E-state index in [1.54, 1.807) is 53.2 Å². The number of fused-ring (bicyclic) bond motifs is 1. The molecule has 4 rings (SSSR count). The molecule has 1 aliphatic rings. The number of ether oxygens (including phenoxy) is 2. The lowest BCUT2D eigenvalue weighted by Crippen LogP contribution is -2.50. The zero-order valence-corrected chi connectivity index (χ0v) is 24.8. The average Bonchev–Trinajstić information content (AvgIpc) is 3.41. The molecule has 11 nitrogen and oxygen atoms in total. The molecule has 2 aromatic heterocycles. The molecule has 42 heavy (non-hydrogen) atoms. The van der Waals surface area contributed by atoms with Crippen molar-refractivity contribution < 1.29 is 24.2 Å². The first-order valence-electron chi connectivity index (χ1n) is 14.2. The Morgan fingerprint density at radius 1 is 1.17 bits per heavy atom. The molecule has 11 heteroatoms. The molecule has 0 unspecified atom stereocenters. The van der Waals surface area contributed by atoms with Crippen LogP contribution < -0.4 is 14.5 Å². The summed E-state index contributed by atoms with van der Waals surface area (Å²) in [5.74, 6) is 1.74. The summed E-state index contributed by atoms with van der Waals surface area (Å²) in [6, 6.07) is 8.83. The SMILES string of the molecule is C=CCc1c(N(CC=C)[C@H]2CCCN(C(=O)O)C2)nc2ccnn2c1N(C(=O)OC(C)(C)C)c1ccc(OCC)cc1. The van der Waals surface area contributed by atoms with Crippen molar-refractivity contribution in [3.8, 4) is 5.75 Å². The van der Waals surface area contributed by atoms with Gasteiger partial charge in [0, 0.05) is 37.3 Å². The third-order valence-electron chi connectivity index (χ3n) is 6.83. The highest BCUT2D eigenvalue weighted by atomic mass is 16.6. The van der Waals surface area contributed by atoms with Crippen LogP contribution in [0.4, 0.5) is 26.9 Å². The number of hydrogen-bond acceptors (Lipinski definition) is 7. The van der Waals surface area contributed by atoms with Crippen molar-refractivity contribution in [3.05, 3.63) is 67.4 Å². The molecule has 1 aliphatic heterocycles. The van der Waals surface area contributed by atoms with Gasteiger partial charge in [-0.2, -0.15) is 9.61 Å². The number of benzene rings is 1. The van der Waals surface area contributed by atoms with Crippen LogP contribution >= 0.6 is 0 Å². The second-order valence-electron chi connectivity index (χ2n) is 11.0. The van der Waals surface area contributed by atoms with E-state index in [-0.39, 0.29) is 6.04 Å². The fraction of sp³-hybridized carbons (Fsp3) is 0.419. The van der Waals surface area contributed by atoms with Crippen LogP contribution in [0.1, 0.15) is 46.1 Å². The Balaban J connectivity index is 1.97. The lowest BCUT2D eigenvalue weighted by molar-refractivity contribution is 0.0597. The second kappa shape index (κ2) is 13.0. The smallest absolute Gasteiger partial charge is 0.420 e. The number of carbonyl (C=O) groups excluding carboxylic acids is 1. The molecule has 1 atom stereocenters. The van der Waals surface area contributed by atoms with Gasteiger partial charge in [0.1, 0.15) is 17.2 Å². The molecular formula is C31H40N6O5. The molecule has 0 bridgehead atoms. The van der Waals surface area contributed by atoms with Crippen LogP contribution in [-0.4, -0.2) is 74.7 Å². The van der Waals surface area contributed by atoms with Crippen LogP contribution in [0.3, 0.4) is 0 Å². The molecule has 0 spiro atoms. The van der Waals surface area contributed by atoms with Crippen LogP contribution in [0.5, 0.6) is 5.75 Å². The minimum atomic E-state index is -0.948. The lowest BCUT2D eigenvalue weighted by atomic mass is 10.0. The lowest BCUT2D eigenvalue weighted by Gasteiger charge is -2.40. The number of rotatable bonds is 10. The van der Waals surface area contributed by atoms with E-state index in [9.17, 15) is 14.7 Å². The maximum Gasteiger partial charge on any atom is 0.420 e. The van der Waals surface area contributed by atoms with Gasteiger partial charge in [-0.15, -0.1) is 13.2 Å². The van der Waals surface area contributed by atoms with Crippen molar-refractivity contribution in [1.29, 1.82) is 0 Å². The Morgan fingerprint density at radius 3 is 2.52 bits per heavy atom. The van der Waals surface area contributed by atoms with E-state index in [1.165, 1.54) is 9.80 Å². The Kier molecular flexibility index (Phi) is 9.39. The zero-order valence-electron chi connectivity index (χ0n) is 24.8. The van der Waals surface area contributed by atoms with Gasteiger partial charge >= 0.3 is 12.2 Å². The molecule has 224 valence electrons. The number of allylic oxidation sites excluding steroid dienone is 1. The van der Waals surface area contributed by atoms with E-state index in [2.05, 4.69) is 23.2 Å². The average molecular weight is 577 g/mol. The number of likely N-dealkylation sites (tertiary alicyclic amines) is 1. The van der Waals surface area contributed by atoms with E-state index in [4.69, 9.17) is 14.5 Å². The molecule has 0 aliphatic carbocycles. The highest BCUT2D eigenvalue weighted by molar-refractivity contribution is 5.97. The van der Waals surface area contributed by atoms with Crippen LogP contribution in [0.25, 0.3) is 5.65 Å². The van der Waals surface area contributed by atoms with E-state index >= 15 is 0 Å². The van der Waals surface area contributed by atoms with Crippen LogP contribution in [-0.2, 0) is 11.2 Å².